The maximum absolute atomic E-state index is 16.9. The van der Waals surface area contributed by atoms with E-state index < -0.39 is 53.4 Å². The Balaban J connectivity index is 1.07. The lowest BCUT2D eigenvalue weighted by atomic mass is 9.77. The molecule has 4 heterocycles. The van der Waals surface area contributed by atoms with Crippen LogP contribution in [0.1, 0.15) is 72.8 Å². The Morgan fingerprint density at radius 1 is 0.955 bits per heavy atom. The lowest BCUT2D eigenvalue weighted by Crippen LogP contribution is -2.40. The molecule has 67 heavy (non-hydrogen) atoms. The van der Waals surface area contributed by atoms with Crippen molar-refractivity contribution < 1.29 is 41.6 Å². The van der Waals surface area contributed by atoms with Crippen molar-refractivity contribution in [3.8, 4) is 11.5 Å². The van der Waals surface area contributed by atoms with Gasteiger partial charge in [-0.05, 0) is 104 Å². The van der Waals surface area contributed by atoms with E-state index in [1.54, 1.807) is 43.1 Å². The molecule has 0 radical (unpaired) electrons. The number of carbonyl (C=O) groups excluding carboxylic acids is 1. The number of carbonyl (C=O) groups is 1. The Morgan fingerprint density at radius 2 is 1.64 bits per heavy atom. The lowest BCUT2D eigenvalue weighted by Gasteiger charge is -2.37. The molecule has 4 aromatic carbocycles. The minimum Gasteiger partial charge on any atom is -0.497 e. The van der Waals surface area contributed by atoms with Crippen LogP contribution in [0, 0.1) is 11.3 Å². The first kappa shape index (κ1) is 45.7. The van der Waals surface area contributed by atoms with Crippen molar-refractivity contribution in [2.45, 2.75) is 80.3 Å². The summed E-state index contributed by atoms with van der Waals surface area (Å²) in [5.74, 6) is -2.09. The van der Waals surface area contributed by atoms with Crippen molar-refractivity contribution in [3.05, 3.63) is 156 Å². The molecule has 4 fully saturated rings. The van der Waals surface area contributed by atoms with Crippen molar-refractivity contribution in [2.75, 3.05) is 26.1 Å². The molecule has 12 nitrogen and oxygen atoms in total. The normalized spacial score (nSPS) is 29.3. The molecule has 1 spiro atoms. The molecule has 2 aliphatic carbocycles. The summed E-state index contributed by atoms with van der Waals surface area (Å²) in [7, 11) is 3.18. The summed E-state index contributed by atoms with van der Waals surface area (Å²) in [6.45, 7) is 8.05. The van der Waals surface area contributed by atoms with Crippen LogP contribution in [0.2, 0.25) is 0 Å². The predicted octanol–water partition coefficient (Wildman–Crippen LogP) is 10.9. The van der Waals surface area contributed by atoms with Crippen molar-refractivity contribution in [1.29, 1.82) is 0 Å². The van der Waals surface area contributed by atoms with Gasteiger partial charge in [-0.3, -0.25) is 9.36 Å². The topological polar surface area (TPSA) is 128 Å². The maximum Gasteiger partial charge on any atom is 0.260 e. The molecule has 348 valence electrons. The van der Waals surface area contributed by atoms with Crippen molar-refractivity contribution in [3.63, 3.8) is 0 Å². The highest BCUT2D eigenvalue weighted by Crippen LogP contribution is 2.80. The zero-order valence-electron chi connectivity index (χ0n) is 37.3. The Bertz CT molecular complexity index is 2880. The van der Waals surface area contributed by atoms with Crippen molar-refractivity contribution in [2.24, 2.45) is 11.3 Å². The molecule has 2 saturated heterocycles. The maximum atomic E-state index is 16.9. The van der Waals surface area contributed by atoms with Gasteiger partial charge in [0.05, 0.1) is 44.8 Å². The number of allylic oxidation sites excluding steroid dienone is 1. The van der Waals surface area contributed by atoms with Crippen LogP contribution in [-0.2, 0) is 35.9 Å². The number of ether oxygens (including phenoxy) is 4. The van der Waals surface area contributed by atoms with Crippen LogP contribution in [0.4, 0.5) is 14.6 Å². The number of alkyl halides is 2. The van der Waals surface area contributed by atoms with Gasteiger partial charge in [-0.15, -0.1) is 0 Å². The number of anilines is 1. The molecular weight excluding hydrogens is 916 g/mol. The molecule has 4 aliphatic rings. The lowest BCUT2D eigenvalue weighted by molar-refractivity contribution is -0.0965. The SMILES string of the molecule is C=C(C)[C@H]1CC[C@@]2(C)S[P@@](=S)(O[C@H]3[C@H](n4cnc5c(NC(=O)c6ccccc6)ncnc54)O[C@H](COC(c4ccccc4)(c4ccc(OC)cc4)c4cccc(OC)c4)[C@]34CC4(F)F)O[C@@H]2C1. The minimum atomic E-state index is -3.33. The van der Waals surface area contributed by atoms with E-state index in [9.17, 15) is 4.79 Å². The Labute approximate surface area is 396 Å². The van der Waals surface area contributed by atoms with Gasteiger partial charge in [0, 0.05) is 16.7 Å². The van der Waals surface area contributed by atoms with Gasteiger partial charge < -0.3 is 33.3 Å². The third kappa shape index (κ3) is 7.97. The number of nitrogens with zero attached hydrogens (tertiary/aromatic N) is 4. The van der Waals surface area contributed by atoms with E-state index in [4.69, 9.17) is 39.8 Å². The molecule has 6 aromatic rings. The second kappa shape index (κ2) is 17.5. The first-order valence-corrected chi connectivity index (χ1v) is 26.2. The van der Waals surface area contributed by atoms with E-state index in [1.807, 2.05) is 91.9 Å². The second-order valence-electron chi connectivity index (χ2n) is 17.9. The molecule has 2 saturated carbocycles. The number of halogens is 2. The molecule has 1 amide bonds. The van der Waals surface area contributed by atoms with Crippen LogP contribution in [0.25, 0.3) is 11.2 Å². The number of nitrogens with one attached hydrogen (secondary N) is 1. The van der Waals surface area contributed by atoms with E-state index in [2.05, 4.69) is 33.8 Å². The van der Waals surface area contributed by atoms with Gasteiger partial charge in [-0.25, -0.2) is 23.7 Å². The van der Waals surface area contributed by atoms with E-state index in [0.717, 1.165) is 24.0 Å². The zero-order valence-corrected chi connectivity index (χ0v) is 39.9. The van der Waals surface area contributed by atoms with E-state index >= 15 is 8.78 Å². The quantitative estimate of drug-likeness (QED) is 0.0634. The fraction of sp³-hybridized carbons (Fsp3) is 0.360. The monoisotopic (exact) mass is 965 g/mol. The van der Waals surface area contributed by atoms with Crippen LogP contribution in [0.3, 0.4) is 0 Å². The molecule has 2 aromatic heterocycles. The molecule has 9 atom stereocenters. The van der Waals surface area contributed by atoms with Gasteiger partial charge in [-0.2, -0.15) is 0 Å². The number of hydrogen-bond donors (Lipinski definition) is 1. The number of fused-ring (bicyclic) bond motifs is 2. The number of methoxy groups -OCH3 is 2. The summed E-state index contributed by atoms with van der Waals surface area (Å²) in [5.41, 5.74) is -2.53. The summed E-state index contributed by atoms with van der Waals surface area (Å²) < 4.78 is 74.4. The summed E-state index contributed by atoms with van der Waals surface area (Å²) >= 11 is 7.80. The van der Waals surface area contributed by atoms with Gasteiger partial charge in [0.1, 0.15) is 29.5 Å². The summed E-state index contributed by atoms with van der Waals surface area (Å²) in [6, 6.07) is 33.3. The summed E-state index contributed by atoms with van der Waals surface area (Å²) in [5, 5.41) is 2.84. The number of imidazole rings is 1. The molecule has 1 unspecified atom stereocenters. The second-order valence-corrected chi connectivity index (χ2v) is 24.5. The van der Waals surface area contributed by atoms with Gasteiger partial charge in [-0.1, -0.05) is 96.3 Å². The van der Waals surface area contributed by atoms with Gasteiger partial charge in [0.15, 0.2) is 23.2 Å². The van der Waals surface area contributed by atoms with Gasteiger partial charge >= 0.3 is 0 Å². The molecule has 0 bridgehead atoms. The fourth-order valence-corrected chi connectivity index (χ4v) is 17.6. The highest BCUT2D eigenvalue weighted by Gasteiger charge is 2.84. The number of hydrogen-bond acceptors (Lipinski definition) is 12. The fourth-order valence-electron chi connectivity index (χ4n) is 10.1. The number of rotatable bonds is 14. The van der Waals surface area contributed by atoms with Crippen LogP contribution < -0.4 is 14.8 Å². The van der Waals surface area contributed by atoms with Crippen LogP contribution >= 0.6 is 17.1 Å². The average molecular weight is 966 g/mol. The molecule has 10 rings (SSSR count). The number of amides is 1. The Kier molecular flexibility index (Phi) is 11.9. The van der Waals surface area contributed by atoms with Crippen LogP contribution in [0.15, 0.2) is 134 Å². The van der Waals surface area contributed by atoms with Crippen LogP contribution in [0.5, 0.6) is 11.5 Å². The van der Waals surface area contributed by atoms with Crippen LogP contribution in [-0.4, -0.2) is 75.2 Å². The van der Waals surface area contributed by atoms with Crippen molar-refractivity contribution >= 4 is 51.8 Å². The molecular formula is C50H50F2N5O7PS2. The largest absolute Gasteiger partial charge is 0.497 e. The molecule has 2 aliphatic heterocycles. The third-order valence-electron chi connectivity index (χ3n) is 13.9. The summed E-state index contributed by atoms with van der Waals surface area (Å²) in [6.07, 6.45) is 0.487. The third-order valence-corrected chi connectivity index (χ3v) is 19.6. The molecule has 17 heteroatoms. The van der Waals surface area contributed by atoms with E-state index in [1.165, 1.54) is 24.0 Å². The smallest absolute Gasteiger partial charge is 0.260 e. The number of aromatic nitrogens is 4. The van der Waals surface area contributed by atoms with Gasteiger partial charge in [0.2, 0.25) is 5.69 Å². The van der Waals surface area contributed by atoms with E-state index in [-0.39, 0.29) is 40.4 Å². The minimum absolute atomic E-state index is 0.135. The first-order valence-electron chi connectivity index (χ1n) is 22.1. The first-order chi connectivity index (χ1) is 32.2. The number of benzene rings is 4. The molecule has 1 N–H and O–H groups in total. The Morgan fingerprint density at radius 3 is 2.33 bits per heavy atom. The Hall–Kier alpha value is -5.06. The highest BCUT2D eigenvalue weighted by atomic mass is 32.9. The average Bonchev–Trinajstić information content (AvgIpc) is 3.59. The van der Waals surface area contributed by atoms with E-state index in [0.29, 0.717) is 34.6 Å². The zero-order chi connectivity index (χ0) is 46.8. The highest BCUT2D eigenvalue weighted by molar-refractivity contribution is 8.68. The predicted molar refractivity (Wildman–Crippen MR) is 256 cm³/mol. The van der Waals surface area contributed by atoms with Gasteiger partial charge in [0.25, 0.3) is 11.8 Å². The van der Waals surface area contributed by atoms with Crippen molar-refractivity contribution in [1.82, 2.24) is 19.5 Å². The standard InChI is InChI=1S/C50H50F2N5O7PS2/c1-31(2)33-23-24-47(3)39(25-33)63-65(66,67-47)64-42-46(57-30-55-41-43(53-29-54-44(41)57)56-45(58)32-13-8-6-9-14-32)62-40(48(42)28-49(48,51)52)27-61-50(34-15-10-7-11-16-34,35-19-21-37(59-4)22-20-35)36-17-12-18-38(26-36)60-5/h6-22,26,29-30,33,39-40,42,46H,1,23-25,27-28H2,2-5H3,(H,53,54,56,58)/t33-,39+,40+,42-,46+,47+,48+,50?,65+/m0/s1. The summed E-state index contributed by atoms with van der Waals surface area (Å²) in [4.78, 5) is 26.9.